The van der Waals surface area contributed by atoms with Gasteiger partial charge in [0.15, 0.2) is 0 Å². The summed E-state index contributed by atoms with van der Waals surface area (Å²) >= 11 is 6.38. The normalized spacial score (nSPS) is 24.8. The molecule has 0 heterocycles. The number of halogens is 1. The zero-order valence-corrected chi connectivity index (χ0v) is 19.8. The molecular formula is C29H36ClN. The molecule has 0 saturated heterocycles. The third-order valence-electron chi connectivity index (χ3n) is 8.36. The van der Waals surface area contributed by atoms with Gasteiger partial charge < -0.3 is 0 Å². The number of unbranched alkanes of at least 4 members (excludes halogenated alkanes) is 5. The second-order valence-electron chi connectivity index (χ2n) is 10.2. The second-order valence-corrected chi connectivity index (χ2v) is 10.6. The van der Waals surface area contributed by atoms with Gasteiger partial charge in [-0.1, -0.05) is 87.4 Å². The topological polar surface area (TPSA) is 23.8 Å². The molecule has 2 bridgehead atoms. The van der Waals surface area contributed by atoms with Gasteiger partial charge in [-0.3, -0.25) is 0 Å². The van der Waals surface area contributed by atoms with E-state index in [1.54, 1.807) is 0 Å². The molecule has 3 saturated carbocycles. The predicted molar refractivity (Wildman–Crippen MR) is 131 cm³/mol. The number of hydrogen-bond acceptors (Lipinski definition) is 1. The molecule has 0 unspecified atom stereocenters. The van der Waals surface area contributed by atoms with E-state index in [1.165, 1.54) is 94.6 Å². The van der Waals surface area contributed by atoms with Crippen LogP contribution in [0.1, 0.15) is 102 Å². The lowest BCUT2D eigenvalue weighted by Crippen LogP contribution is -2.44. The first-order chi connectivity index (χ1) is 15.1. The van der Waals surface area contributed by atoms with E-state index >= 15 is 0 Å². The standard InChI is InChI=1S/C29H36ClN/c1-2-3-4-5-6-9-14-28-15-18-29(19-16-28,20-17-28)26-11-8-7-10-25(26)23-12-13-24(22-31)27(30)21-23/h7-8,10-13,21H,2-6,9,14-20H2,1H3. The van der Waals surface area contributed by atoms with Crippen molar-refractivity contribution in [2.45, 2.75) is 95.8 Å². The average Bonchev–Trinajstić information content (AvgIpc) is 2.82. The van der Waals surface area contributed by atoms with Crippen LogP contribution in [0.4, 0.5) is 0 Å². The summed E-state index contributed by atoms with van der Waals surface area (Å²) in [5, 5.41) is 9.78. The molecule has 3 aliphatic rings. The highest BCUT2D eigenvalue weighted by molar-refractivity contribution is 6.32. The van der Waals surface area contributed by atoms with Gasteiger partial charge >= 0.3 is 0 Å². The zero-order valence-electron chi connectivity index (χ0n) is 19.1. The molecule has 164 valence electrons. The predicted octanol–water partition coefficient (Wildman–Crippen LogP) is 9.22. The number of rotatable bonds is 9. The number of nitrogens with zero attached hydrogens (tertiary/aromatic N) is 1. The maximum absolute atomic E-state index is 9.23. The Bertz CT molecular complexity index is 913. The first kappa shape index (κ1) is 22.4. The summed E-state index contributed by atoms with van der Waals surface area (Å²) in [6.45, 7) is 2.30. The van der Waals surface area contributed by atoms with Crippen LogP contribution >= 0.6 is 11.6 Å². The van der Waals surface area contributed by atoms with Crippen LogP contribution in [-0.4, -0.2) is 0 Å². The first-order valence-electron chi connectivity index (χ1n) is 12.4. The highest BCUT2D eigenvalue weighted by atomic mass is 35.5. The van der Waals surface area contributed by atoms with Crippen molar-refractivity contribution in [2.24, 2.45) is 5.41 Å². The van der Waals surface area contributed by atoms with E-state index in [9.17, 15) is 5.26 Å². The Labute approximate surface area is 193 Å². The second kappa shape index (κ2) is 9.79. The molecule has 0 spiro atoms. The van der Waals surface area contributed by atoms with Gasteiger partial charge in [0.2, 0.25) is 0 Å². The molecule has 0 atom stereocenters. The third kappa shape index (κ3) is 4.70. The minimum atomic E-state index is 0.319. The lowest BCUT2D eigenvalue weighted by atomic mass is 9.50. The quantitative estimate of drug-likeness (QED) is 0.361. The summed E-state index contributed by atoms with van der Waals surface area (Å²) in [6.07, 6.45) is 18.0. The molecule has 0 aliphatic heterocycles. The van der Waals surface area contributed by atoms with Crippen LogP contribution in [0.5, 0.6) is 0 Å². The summed E-state index contributed by atoms with van der Waals surface area (Å²) in [5.41, 5.74) is 5.45. The van der Waals surface area contributed by atoms with E-state index in [0.29, 0.717) is 21.4 Å². The van der Waals surface area contributed by atoms with Crippen molar-refractivity contribution in [3.05, 3.63) is 58.6 Å². The van der Waals surface area contributed by atoms with Crippen molar-refractivity contribution in [3.8, 4) is 17.2 Å². The van der Waals surface area contributed by atoms with Crippen LogP contribution in [-0.2, 0) is 5.41 Å². The fourth-order valence-electron chi connectivity index (χ4n) is 6.29. The Morgan fingerprint density at radius 3 is 2.23 bits per heavy atom. The molecule has 2 aromatic carbocycles. The molecule has 0 aromatic heterocycles. The monoisotopic (exact) mass is 433 g/mol. The number of hydrogen-bond donors (Lipinski definition) is 0. The molecule has 5 rings (SSSR count). The summed E-state index contributed by atoms with van der Waals surface area (Å²) in [7, 11) is 0. The van der Waals surface area contributed by atoms with Crippen LogP contribution in [0.15, 0.2) is 42.5 Å². The maximum atomic E-state index is 9.23. The minimum absolute atomic E-state index is 0.319. The van der Waals surface area contributed by atoms with E-state index in [1.807, 2.05) is 12.1 Å². The minimum Gasteiger partial charge on any atom is -0.192 e. The van der Waals surface area contributed by atoms with E-state index in [-0.39, 0.29) is 0 Å². The van der Waals surface area contributed by atoms with Crippen molar-refractivity contribution in [2.75, 3.05) is 0 Å². The number of fused-ring (bicyclic) bond motifs is 3. The van der Waals surface area contributed by atoms with Crippen LogP contribution in [0.2, 0.25) is 5.02 Å². The van der Waals surface area contributed by atoms with Gasteiger partial charge in [-0.15, -0.1) is 0 Å². The largest absolute Gasteiger partial charge is 0.192 e. The first-order valence-corrected chi connectivity index (χ1v) is 12.8. The van der Waals surface area contributed by atoms with Crippen molar-refractivity contribution in [1.82, 2.24) is 0 Å². The number of nitriles is 1. The van der Waals surface area contributed by atoms with Crippen LogP contribution in [0, 0.1) is 16.7 Å². The van der Waals surface area contributed by atoms with Crippen molar-refractivity contribution >= 4 is 11.6 Å². The molecule has 2 heteroatoms. The Morgan fingerprint density at radius 2 is 1.55 bits per heavy atom. The van der Waals surface area contributed by atoms with Crippen LogP contribution < -0.4 is 0 Å². The third-order valence-corrected chi connectivity index (χ3v) is 8.67. The molecule has 0 N–H and O–H groups in total. The van der Waals surface area contributed by atoms with Gasteiger partial charge in [-0.05, 0) is 84.6 Å². The summed E-state index contributed by atoms with van der Waals surface area (Å²) < 4.78 is 0. The molecule has 1 nitrogen and oxygen atoms in total. The van der Waals surface area contributed by atoms with Gasteiger partial charge in [0.1, 0.15) is 6.07 Å². The molecule has 3 aliphatic carbocycles. The molecule has 0 radical (unpaired) electrons. The van der Waals surface area contributed by atoms with E-state index in [2.05, 4.69) is 43.3 Å². The maximum Gasteiger partial charge on any atom is 0.101 e. The van der Waals surface area contributed by atoms with Gasteiger partial charge in [-0.2, -0.15) is 5.26 Å². The Hall–Kier alpha value is -1.78. The Morgan fingerprint density at radius 1 is 0.871 bits per heavy atom. The SMILES string of the molecule is CCCCCCCCC12CCC(c3ccccc3-c3ccc(C#N)c(Cl)c3)(CC1)CC2. The van der Waals surface area contributed by atoms with Crippen molar-refractivity contribution in [1.29, 1.82) is 5.26 Å². The highest BCUT2D eigenvalue weighted by Gasteiger charge is 2.49. The van der Waals surface area contributed by atoms with Gasteiger partial charge in [0, 0.05) is 0 Å². The molecule has 3 fully saturated rings. The summed E-state index contributed by atoms with van der Waals surface area (Å²) in [5.74, 6) is 0. The fraction of sp³-hybridized carbons (Fsp3) is 0.552. The van der Waals surface area contributed by atoms with E-state index < -0.39 is 0 Å². The fourth-order valence-corrected chi connectivity index (χ4v) is 6.52. The van der Waals surface area contributed by atoms with Crippen molar-refractivity contribution in [3.63, 3.8) is 0 Å². The smallest absolute Gasteiger partial charge is 0.101 e. The van der Waals surface area contributed by atoms with Gasteiger partial charge in [0.05, 0.1) is 10.6 Å². The number of benzene rings is 2. The lowest BCUT2D eigenvalue weighted by Gasteiger charge is -2.54. The summed E-state index contributed by atoms with van der Waals surface area (Å²) in [6, 6.07) is 17.0. The van der Waals surface area contributed by atoms with E-state index in [4.69, 9.17) is 11.6 Å². The Kier molecular flexibility index (Phi) is 7.08. The molecule has 0 amide bonds. The average molecular weight is 434 g/mol. The van der Waals surface area contributed by atoms with Crippen LogP contribution in [0.3, 0.4) is 0 Å². The lowest BCUT2D eigenvalue weighted by molar-refractivity contribution is 0.0307. The van der Waals surface area contributed by atoms with Gasteiger partial charge in [-0.25, -0.2) is 0 Å². The Balaban J connectivity index is 1.47. The van der Waals surface area contributed by atoms with Crippen molar-refractivity contribution < 1.29 is 0 Å². The van der Waals surface area contributed by atoms with E-state index in [0.717, 1.165) is 5.56 Å². The molecule has 31 heavy (non-hydrogen) atoms. The zero-order chi connectivity index (χ0) is 21.7. The van der Waals surface area contributed by atoms with Gasteiger partial charge in [0.25, 0.3) is 0 Å². The molecular weight excluding hydrogens is 398 g/mol. The highest BCUT2D eigenvalue weighted by Crippen LogP contribution is 2.60. The van der Waals surface area contributed by atoms with Crippen LogP contribution in [0.25, 0.3) is 11.1 Å². The summed E-state index contributed by atoms with van der Waals surface area (Å²) in [4.78, 5) is 0. The molecule has 2 aromatic rings.